The van der Waals surface area contributed by atoms with Crippen molar-refractivity contribution < 1.29 is 4.74 Å². The van der Waals surface area contributed by atoms with Crippen molar-refractivity contribution >= 4 is 27.8 Å². The quantitative estimate of drug-likeness (QED) is 0.158. The summed E-state index contributed by atoms with van der Waals surface area (Å²) < 4.78 is 6.96. The van der Waals surface area contributed by atoms with Gasteiger partial charge in [0.05, 0.1) is 0 Å². The Morgan fingerprint density at radius 3 is 1.46 bits per heavy atom. The lowest BCUT2D eigenvalue weighted by molar-refractivity contribution is 0.488. The van der Waals surface area contributed by atoms with E-state index in [1.165, 1.54) is 49.9 Å². The molecule has 1 aliphatic heterocycles. The molecule has 11 aromatic carbocycles. The SMILES string of the molecule is CC1(C)c2ccccc2-c2ccc(N(c3ccc(-c4ccccc4)cc3)c3ccc(-c4ccc(-c5cccc6c5-c5ccc(-c7ccccc7)cc5-c5cc7ccccc7cc5O6)cc4)cc3)cc21. The van der Waals surface area contributed by atoms with Crippen LogP contribution in [0, 0.1) is 0 Å². The lowest BCUT2D eigenvalue weighted by Crippen LogP contribution is -2.16. The lowest BCUT2D eigenvalue weighted by Gasteiger charge is -2.28. The van der Waals surface area contributed by atoms with E-state index in [2.05, 4.69) is 267 Å². The lowest BCUT2D eigenvalue weighted by atomic mass is 9.82. The summed E-state index contributed by atoms with van der Waals surface area (Å²) in [6, 6.07) is 90.5. The minimum atomic E-state index is -0.110. The van der Waals surface area contributed by atoms with Gasteiger partial charge in [0.25, 0.3) is 0 Å². The molecule has 0 atom stereocenters. The van der Waals surface area contributed by atoms with Crippen molar-refractivity contribution in [1.82, 2.24) is 0 Å². The minimum Gasteiger partial charge on any atom is -0.456 e. The van der Waals surface area contributed by atoms with Gasteiger partial charge in [-0.15, -0.1) is 0 Å². The largest absolute Gasteiger partial charge is 0.456 e. The van der Waals surface area contributed by atoms with Crippen LogP contribution in [-0.4, -0.2) is 0 Å². The average molecular weight is 882 g/mol. The maximum atomic E-state index is 6.96. The molecule has 0 spiro atoms. The van der Waals surface area contributed by atoms with Gasteiger partial charge < -0.3 is 9.64 Å². The van der Waals surface area contributed by atoms with Gasteiger partial charge in [-0.25, -0.2) is 0 Å². The summed E-state index contributed by atoms with van der Waals surface area (Å²) in [5, 5.41) is 2.35. The van der Waals surface area contributed by atoms with Crippen molar-refractivity contribution in [2.75, 3.05) is 4.90 Å². The van der Waals surface area contributed by atoms with Crippen LogP contribution in [0.15, 0.2) is 249 Å². The molecular weight excluding hydrogens is 835 g/mol. The molecule has 69 heavy (non-hydrogen) atoms. The fraction of sp³-hybridized carbons (Fsp3) is 0.0448. The number of hydrogen-bond donors (Lipinski definition) is 0. The maximum Gasteiger partial charge on any atom is 0.135 e. The van der Waals surface area contributed by atoms with Crippen molar-refractivity contribution in [3.8, 4) is 89.4 Å². The number of ether oxygens (including phenoxy) is 1. The summed E-state index contributed by atoms with van der Waals surface area (Å²) in [4.78, 5) is 2.39. The van der Waals surface area contributed by atoms with E-state index < -0.39 is 0 Å². The predicted octanol–water partition coefficient (Wildman–Crippen LogP) is 18.7. The topological polar surface area (TPSA) is 12.5 Å². The van der Waals surface area contributed by atoms with Gasteiger partial charge in [-0.1, -0.05) is 202 Å². The predicted molar refractivity (Wildman–Crippen MR) is 289 cm³/mol. The molecule has 11 aromatic rings. The number of rotatable bonds is 7. The van der Waals surface area contributed by atoms with E-state index in [1.807, 2.05) is 0 Å². The Balaban J connectivity index is 0.864. The second-order valence-electron chi connectivity index (χ2n) is 18.9. The van der Waals surface area contributed by atoms with Crippen molar-refractivity contribution in [2.24, 2.45) is 0 Å². The van der Waals surface area contributed by atoms with Crippen LogP contribution in [0.5, 0.6) is 11.5 Å². The molecule has 0 unspecified atom stereocenters. The molecule has 0 aromatic heterocycles. The molecule has 13 rings (SSSR count). The van der Waals surface area contributed by atoms with E-state index in [4.69, 9.17) is 4.74 Å². The van der Waals surface area contributed by atoms with Crippen LogP contribution in [0.3, 0.4) is 0 Å². The summed E-state index contributed by atoms with van der Waals surface area (Å²) in [7, 11) is 0. The zero-order valence-corrected chi connectivity index (χ0v) is 38.5. The monoisotopic (exact) mass is 881 g/mol. The summed E-state index contributed by atoms with van der Waals surface area (Å²) in [5.74, 6) is 1.72. The van der Waals surface area contributed by atoms with Crippen LogP contribution < -0.4 is 9.64 Å². The first-order valence-electron chi connectivity index (χ1n) is 23.9. The van der Waals surface area contributed by atoms with E-state index in [0.717, 1.165) is 78.5 Å². The van der Waals surface area contributed by atoms with Gasteiger partial charge in [0.15, 0.2) is 0 Å². The molecule has 2 aliphatic rings. The van der Waals surface area contributed by atoms with Crippen LogP contribution >= 0.6 is 0 Å². The molecule has 0 amide bonds. The first kappa shape index (κ1) is 40.5. The highest BCUT2D eigenvalue weighted by Crippen LogP contribution is 2.53. The Morgan fingerprint density at radius 1 is 0.290 bits per heavy atom. The van der Waals surface area contributed by atoms with Gasteiger partial charge in [0.1, 0.15) is 11.5 Å². The first-order chi connectivity index (χ1) is 33.9. The second kappa shape index (κ2) is 16.3. The second-order valence-corrected chi connectivity index (χ2v) is 18.9. The van der Waals surface area contributed by atoms with Crippen molar-refractivity contribution in [1.29, 1.82) is 0 Å². The molecule has 0 radical (unpaired) electrons. The average Bonchev–Trinajstić information content (AvgIpc) is 3.54. The number of benzene rings is 11. The van der Waals surface area contributed by atoms with Crippen LogP contribution in [-0.2, 0) is 5.41 Å². The fourth-order valence-corrected chi connectivity index (χ4v) is 10.9. The summed E-state index contributed by atoms with van der Waals surface area (Å²) in [5.41, 5.74) is 22.5. The maximum absolute atomic E-state index is 6.96. The highest BCUT2D eigenvalue weighted by molar-refractivity contribution is 6.02. The standard InChI is InChI=1S/C67H47NO/c1-67(2)62-22-12-11-20-57(62)58-39-37-55(43-63(58)67)68(53-33-28-47(29-34-53)44-14-5-3-6-15-44)54-35-30-48(31-36-54)46-24-26-49(27-25-46)56-21-13-23-64-66(56)59-38-32-52(45-16-7-4-8-17-45)40-60(59)61-41-50-18-9-10-19-51(50)42-65(61)69-64/h3-43H,1-2H3. The van der Waals surface area contributed by atoms with Crippen molar-refractivity contribution in [3.63, 3.8) is 0 Å². The summed E-state index contributed by atoms with van der Waals surface area (Å²) >= 11 is 0. The molecule has 0 bridgehead atoms. The number of nitrogens with zero attached hydrogens (tertiary/aromatic N) is 1. The summed E-state index contributed by atoms with van der Waals surface area (Å²) in [6.07, 6.45) is 0. The molecule has 0 saturated heterocycles. The zero-order valence-electron chi connectivity index (χ0n) is 38.5. The normalized spacial score (nSPS) is 12.7. The van der Waals surface area contributed by atoms with E-state index >= 15 is 0 Å². The van der Waals surface area contributed by atoms with Crippen molar-refractivity contribution in [2.45, 2.75) is 19.3 Å². The highest BCUT2D eigenvalue weighted by atomic mass is 16.5. The molecular formula is C67H47NO. The van der Waals surface area contributed by atoms with Crippen LogP contribution in [0.1, 0.15) is 25.0 Å². The molecule has 0 fully saturated rings. The van der Waals surface area contributed by atoms with Gasteiger partial charge in [0, 0.05) is 33.6 Å². The Morgan fingerprint density at radius 2 is 0.783 bits per heavy atom. The van der Waals surface area contributed by atoms with E-state index in [0.29, 0.717) is 0 Å². The minimum absolute atomic E-state index is 0.110. The first-order valence-corrected chi connectivity index (χ1v) is 23.9. The smallest absolute Gasteiger partial charge is 0.135 e. The Kier molecular flexibility index (Phi) is 9.55. The Bertz CT molecular complexity index is 3740. The van der Waals surface area contributed by atoms with Gasteiger partial charge in [-0.3, -0.25) is 0 Å². The molecule has 1 aliphatic carbocycles. The van der Waals surface area contributed by atoms with E-state index in [-0.39, 0.29) is 5.41 Å². The Labute approximate surface area is 404 Å². The van der Waals surface area contributed by atoms with Gasteiger partial charge >= 0.3 is 0 Å². The van der Waals surface area contributed by atoms with E-state index in [1.54, 1.807) is 0 Å². The van der Waals surface area contributed by atoms with E-state index in [9.17, 15) is 0 Å². The summed E-state index contributed by atoms with van der Waals surface area (Å²) in [6.45, 7) is 4.70. The third-order valence-corrected chi connectivity index (χ3v) is 14.5. The molecule has 1 heterocycles. The van der Waals surface area contributed by atoms with Gasteiger partial charge in [-0.2, -0.15) is 0 Å². The van der Waals surface area contributed by atoms with Gasteiger partial charge in [-0.05, 0) is 149 Å². The highest BCUT2D eigenvalue weighted by Gasteiger charge is 2.36. The zero-order chi connectivity index (χ0) is 46.1. The molecule has 2 heteroatoms. The third kappa shape index (κ3) is 6.95. The van der Waals surface area contributed by atoms with Crippen LogP contribution in [0.4, 0.5) is 17.1 Å². The Hall–Kier alpha value is -8.72. The number of fused-ring (bicyclic) bond motifs is 9. The molecule has 2 nitrogen and oxygen atoms in total. The number of hydrogen-bond acceptors (Lipinski definition) is 2. The van der Waals surface area contributed by atoms with Crippen LogP contribution in [0.25, 0.3) is 88.7 Å². The number of anilines is 3. The van der Waals surface area contributed by atoms with Crippen LogP contribution in [0.2, 0.25) is 0 Å². The molecule has 326 valence electrons. The van der Waals surface area contributed by atoms with Crippen molar-refractivity contribution in [3.05, 3.63) is 260 Å². The molecule has 0 saturated carbocycles. The molecule has 0 N–H and O–H groups in total. The third-order valence-electron chi connectivity index (χ3n) is 14.5. The fourth-order valence-electron chi connectivity index (χ4n) is 10.9. The van der Waals surface area contributed by atoms with Gasteiger partial charge in [0.2, 0.25) is 0 Å².